The molecule has 274 valence electrons. The van der Waals surface area contributed by atoms with Crippen LogP contribution in [0.1, 0.15) is 63.9 Å². The summed E-state index contributed by atoms with van der Waals surface area (Å²) >= 11 is 0. The lowest BCUT2D eigenvalue weighted by molar-refractivity contribution is 0.446. The molecule has 55 heavy (non-hydrogen) atoms. The lowest BCUT2D eigenvalue weighted by Gasteiger charge is -2.28. The van der Waals surface area contributed by atoms with E-state index in [2.05, 4.69) is 95.8 Å². The Morgan fingerprint density at radius 1 is 0.655 bits per heavy atom. The van der Waals surface area contributed by atoms with Crippen LogP contribution in [0.4, 0.5) is 17.2 Å². The van der Waals surface area contributed by atoms with E-state index in [1.165, 1.54) is 0 Å². The van der Waals surface area contributed by atoms with Gasteiger partial charge in [0, 0.05) is 40.2 Å². The Morgan fingerprint density at radius 2 is 1.38 bits per heavy atom. The minimum atomic E-state index is -0.334. The van der Waals surface area contributed by atoms with E-state index < -0.39 is 0 Å². The Kier molecular flexibility index (Phi) is 8.76. The van der Waals surface area contributed by atoms with Crippen LogP contribution in [0.2, 0.25) is 0 Å². The first-order chi connectivity index (χ1) is 26.3. The second-order valence-electron chi connectivity index (χ2n) is 16.3. The monoisotopic (exact) mass is 723 g/mol. The van der Waals surface area contributed by atoms with Crippen LogP contribution in [0.5, 0.6) is 5.75 Å². The highest BCUT2D eigenvalue weighted by molar-refractivity contribution is 6.07. The molecule has 0 amide bonds. The number of aromatic nitrogens is 4. The van der Waals surface area contributed by atoms with E-state index in [1.54, 1.807) is 0 Å². The predicted molar refractivity (Wildman–Crippen MR) is 224 cm³/mol. The van der Waals surface area contributed by atoms with Gasteiger partial charge in [-0.15, -0.1) is 0 Å². The van der Waals surface area contributed by atoms with Crippen LogP contribution in [-0.4, -0.2) is 25.0 Å². The molecule has 0 unspecified atom stereocenters. The number of fused-ring (bicyclic) bond motifs is 3. The highest BCUT2D eigenvalue weighted by Crippen LogP contribution is 2.46. The number of aromatic hydroxyl groups is 1. The molecular weight excluding hydrogens is 679 g/mol. The summed E-state index contributed by atoms with van der Waals surface area (Å²) in [6.07, 6.45) is 3.65. The maximum absolute atomic E-state index is 12.2. The minimum absolute atomic E-state index is 0.189. The summed E-state index contributed by atoms with van der Waals surface area (Å²) in [5, 5.41) is 13.0. The van der Waals surface area contributed by atoms with Crippen molar-refractivity contribution in [2.75, 3.05) is 4.90 Å². The molecule has 8 rings (SSSR count). The van der Waals surface area contributed by atoms with E-state index in [0.29, 0.717) is 33.8 Å². The van der Waals surface area contributed by atoms with Crippen molar-refractivity contribution >= 4 is 39.3 Å². The topological polar surface area (TPSA) is 88.2 Å². The molecule has 0 aliphatic carbocycles. The first-order valence-electron chi connectivity index (χ1n) is 18.7. The van der Waals surface area contributed by atoms with E-state index >= 15 is 0 Å². The molecule has 0 atom stereocenters. The van der Waals surface area contributed by atoms with Gasteiger partial charge in [-0.2, -0.15) is 0 Å². The molecule has 0 fully saturated rings. The number of hydrogen-bond donors (Lipinski definition) is 1. The van der Waals surface area contributed by atoms with Crippen LogP contribution >= 0.6 is 0 Å². The highest BCUT2D eigenvalue weighted by Gasteiger charge is 2.29. The minimum Gasteiger partial charge on any atom is -0.507 e. The molecule has 1 N–H and O–H groups in total. The quantitative estimate of drug-likeness (QED) is 0.183. The van der Waals surface area contributed by atoms with Crippen molar-refractivity contribution < 1.29 is 9.52 Å². The van der Waals surface area contributed by atoms with Gasteiger partial charge >= 0.3 is 0 Å². The molecule has 8 aromatic rings. The SMILES string of the molecule is Cc1ccnc(C)c1N(c1cc(-c2ccccc2)cc(-c2nc(-c3cc(C(C)(C)C)cc(C(C)(C)C)c3O)c3oc4ccccc4c3n2)c1)c1ccccn1. The standard InChI is InChI=1S/C48H45N5O2/c1-29-21-23-49-30(2)43(29)53(40-20-14-15-22-50-40)35-25-32(31-16-10-9-11-17-31)24-33(26-35)46-51-41-36-18-12-13-19-39(36)55-45(41)42(52-46)37-27-34(47(3,4)5)28-38(44(37)54)48(6,7)8/h9-28,54H,1-8H3. The number of benzene rings is 4. The van der Waals surface area contributed by atoms with Gasteiger partial charge in [-0.25, -0.2) is 15.0 Å². The second-order valence-corrected chi connectivity index (χ2v) is 16.3. The molecule has 7 heteroatoms. The average Bonchev–Trinajstić information content (AvgIpc) is 3.54. The Morgan fingerprint density at radius 3 is 2.09 bits per heavy atom. The lowest BCUT2D eigenvalue weighted by Crippen LogP contribution is -2.17. The van der Waals surface area contributed by atoms with Crippen LogP contribution in [0.25, 0.3) is 55.8 Å². The van der Waals surface area contributed by atoms with Crippen molar-refractivity contribution in [1.82, 2.24) is 19.9 Å². The summed E-state index contributed by atoms with van der Waals surface area (Å²) < 4.78 is 6.57. The first-order valence-corrected chi connectivity index (χ1v) is 18.7. The van der Waals surface area contributed by atoms with E-state index in [-0.39, 0.29) is 16.6 Å². The van der Waals surface area contributed by atoms with Gasteiger partial charge < -0.3 is 9.52 Å². The molecule has 4 aromatic carbocycles. The van der Waals surface area contributed by atoms with Crippen LogP contribution in [0.15, 0.2) is 126 Å². The van der Waals surface area contributed by atoms with Gasteiger partial charge in [0.2, 0.25) is 0 Å². The number of para-hydroxylation sites is 1. The average molecular weight is 724 g/mol. The van der Waals surface area contributed by atoms with Gasteiger partial charge in [0.25, 0.3) is 0 Å². The number of hydrogen-bond acceptors (Lipinski definition) is 7. The summed E-state index contributed by atoms with van der Waals surface area (Å²) in [5.74, 6) is 1.45. The second kappa shape index (κ2) is 13.5. The van der Waals surface area contributed by atoms with E-state index in [0.717, 1.165) is 61.7 Å². The van der Waals surface area contributed by atoms with Gasteiger partial charge in [-0.1, -0.05) is 96.1 Å². The Bertz CT molecular complexity index is 2690. The Hall–Kier alpha value is -6.34. The molecular formula is C48H45N5O2. The predicted octanol–water partition coefficient (Wildman–Crippen LogP) is 12.6. The number of pyridine rings is 2. The molecule has 7 nitrogen and oxygen atoms in total. The number of anilines is 3. The summed E-state index contributed by atoms with van der Waals surface area (Å²) in [5.41, 5.74) is 11.1. The van der Waals surface area contributed by atoms with Crippen LogP contribution in [0.3, 0.4) is 0 Å². The van der Waals surface area contributed by atoms with Crippen molar-refractivity contribution in [2.24, 2.45) is 0 Å². The van der Waals surface area contributed by atoms with E-state index in [4.69, 9.17) is 24.4 Å². The van der Waals surface area contributed by atoms with Crippen molar-refractivity contribution in [2.45, 2.75) is 66.2 Å². The molecule has 0 bridgehead atoms. The van der Waals surface area contributed by atoms with E-state index in [9.17, 15) is 5.11 Å². The number of nitrogens with zero attached hydrogens (tertiary/aromatic N) is 5. The maximum Gasteiger partial charge on any atom is 0.180 e. The fourth-order valence-corrected chi connectivity index (χ4v) is 7.28. The molecule has 4 aromatic heterocycles. The Labute approximate surface area is 322 Å². The van der Waals surface area contributed by atoms with Crippen molar-refractivity contribution in [3.63, 3.8) is 0 Å². The molecule has 4 heterocycles. The fourth-order valence-electron chi connectivity index (χ4n) is 7.28. The largest absolute Gasteiger partial charge is 0.507 e. The fraction of sp³-hybridized carbons (Fsp3) is 0.208. The van der Waals surface area contributed by atoms with E-state index in [1.807, 2.05) is 86.0 Å². The normalized spacial score (nSPS) is 12.1. The molecule has 0 aliphatic heterocycles. The number of phenols is 1. The van der Waals surface area contributed by atoms with Crippen LogP contribution < -0.4 is 4.90 Å². The van der Waals surface area contributed by atoms with Gasteiger partial charge in [0.05, 0.1) is 11.4 Å². The number of furan rings is 1. The maximum atomic E-state index is 12.2. The number of phenolic OH excluding ortho intramolecular Hbond substituents is 1. The van der Waals surface area contributed by atoms with Crippen molar-refractivity contribution in [1.29, 1.82) is 0 Å². The third kappa shape index (κ3) is 6.60. The molecule has 0 saturated heterocycles. The summed E-state index contributed by atoms with van der Waals surface area (Å²) in [4.78, 5) is 22.3. The molecule has 0 radical (unpaired) electrons. The van der Waals surface area contributed by atoms with Crippen LogP contribution in [-0.2, 0) is 10.8 Å². The summed E-state index contributed by atoms with van der Waals surface area (Å²) in [7, 11) is 0. The van der Waals surface area contributed by atoms with Crippen molar-refractivity contribution in [3.05, 3.63) is 144 Å². The zero-order valence-electron chi connectivity index (χ0n) is 32.6. The smallest absolute Gasteiger partial charge is 0.180 e. The van der Waals surface area contributed by atoms with Gasteiger partial charge in [0.15, 0.2) is 11.4 Å². The molecule has 0 aliphatic rings. The Balaban J connectivity index is 1.47. The van der Waals surface area contributed by atoms with Crippen molar-refractivity contribution in [3.8, 4) is 39.5 Å². The summed E-state index contributed by atoms with van der Waals surface area (Å²) in [6.45, 7) is 17.0. The zero-order valence-corrected chi connectivity index (χ0v) is 32.6. The first kappa shape index (κ1) is 35.7. The van der Waals surface area contributed by atoms with Gasteiger partial charge in [-0.05, 0) is 102 Å². The molecule has 0 saturated carbocycles. The highest BCUT2D eigenvalue weighted by atomic mass is 16.3. The van der Waals surface area contributed by atoms with Gasteiger partial charge in [-0.3, -0.25) is 9.88 Å². The lowest BCUT2D eigenvalue weighted by atomic mass is 9.78. The number of rotatable bonds is 6. The number of aryl methyl sites for hydroxylation is 2. The third-order valence-corrected chi connectivity index (χ3v) is 10.2. The van der Waals surface area contributed by atoms with Gasteiger partial charge in [0.1, 0.15) is 28.4 Å². The molecule has 0 spiro atoms. The summed E-state index contributed by atoms with van der Waals surface area (Å²) in [6, 6.07) is 36.8. The van der Waals surface area contributed by atoms with Crippen LogP contribution in [0, 0.1) is 13.8 Å². The zero-order chi connectivity index (χ0) is 38.6. The third-order valence-electron chi connectivity index (χ3n) is 10.2.